The molecule has 0 aromatic heterocycles. The van der Waals surface area contributed by atoms with E-state index in [-0.39, 0.29) is 11.9 Å². The smallest absolute Gasteiger partial charge is 0.123 e. The number of halogens is 1. The first kappa shape index (κ1) is 11.7. The summed E-state index contributed by atoms with van der Waals surface area (Å²) >= 11 is 0. The Kier molecular flexibility index (Phi) is 4.82. The van der Waals surface area contributed by atoms with Crippen LogP contribution in [0.5, 0.6) is 0 Å². The predicted molar refractivity (Wildman–Crippen MR) is 59.6 cm³/mol. The second kappa shape index (κ2) is 6.18. The first-order valence-electron chi connectivity index (χ1n) is 4.86. The van der Waals surface area contributed by atoms with Gasteiger partial charge in [0.1, 0.15) is 5.82 Å². The molecule has 3 heteroatoms. The summed E-state index contributed by atoms with van der Waals surface area (Å²) in [5.74, 6) is 5.46. The molecule has 1 unspecified atom stereocenters. The molecule has 0 aliphatic heterocycles. The molecule has 1 aromatic rings. The van der Waals surface area contributed by atoms with Crippen molar-refractivity contribution < 1.29 is 4.39 Å². The molecule has 0 spiro atoms. The topological polar surface area (TPSA) is 38.0 Å². The van der Waals surface area contributed by atoms with E-state index in [9.17, 15) is 4.39 Å². The molecule has 0 aliphatic rings. The maximum absolute atomic E-state index is 12.7. The lowest BCUT2D eigenvalue weighted by atomic mass is 10.1. The monoisotopic (exact) mass is 206 g/mol. The predicted octanol–water partition coefficient (Wildman–Crippen LogP) is 1.44. The third-order valence-corrected chi connectivity index (χ3v) is 2.12. The molecule has 1 rings (SSSR count). The van der Waals surface area contributed by atoms with Crippen molar-refractivity contribution >= 4 is 0 Å². The first-order valence-corrected chi connectivity index (χ1v) is 4.86. The maximum atomic E-state index is 12.7. The number of hydrogen-bond acceptors (Lipinski definition) is 2. The molecule has 0 aliphatic carbocycles. The van der Waals surface area contributed by atoms with E-state index in [2.05, 4.69) is 17.2 Å². The second-order valence-electron chi connectivity index (χ2n) is 3.15. The lowest BCUT2D eigenvalue weighted by molar-refractivity contribution is 0.577. The van der Waals surface area contributed by atoms with E-state index < -0.39 is 0 Å². The van der Waals surface area contributed by atoms with Gasteiger partial charge in [-0.05, 0) is 24.6 Å². The van der Waals surface area contributed by atoms with Gasteiger partial charge in [0, 0.05) is 12.6 Å². The summed E-state index contributed by atoms with van der Waals surface area (Å²) in [6.45, 7) is 2.85. The molecule has 1 atom stereocenters. The Labute approximate surface area is 89.7 Å². The number of nitrogens with two attached hydrogens (primary N) is 1. The molecule has 0 heterocycles. The van der Waals surface area contributed by atoms with Gasteiger partial charge in [0.15, 0.2) is 0 Å². The molecule has 1 aromatic carbocycles. The van der Waals surface area contributed by atoms with Gasteiger partial charge < -0.3 is 5.73 Å². The van der Waals surface area contributed by atoms with Crippen molar-refractivity contribution in [2.45, 2.75) is 13.0 Å². The molecule has 0 amide bonds. The van der Waals surface area contributed by atoms with E-state index >= 15 is 0 Å². The highest BCUT2D eigenvalue weighted by Crippen LogP contribution is 2.11. The SMILES string of the molecule is CC#CCNC(CN)c1ccc(F)cc1. The van der Waals surface area contributed by atoms with Crippen molar-refractivity contribution in [3.8, 4) is 11.8 Å². The van der Waals surface area contributed by atoms with Crippen LogP contribution in [0.2, 0.25) is 0 Å². The largest absolute Gasteiger partial charge is 0.329 e. The van der Waals surface area contributed by atoms with Gasteiger partial charge in [0.25, 0.3) is 0 Å². The van der Waals surface area contributed by atoms with Gasteiger partial charge in [0.2, 0.25) is 0 Å². The zero-order valence-electron chi connectivity index (χ0n) is 8.76. The van der Waals surface area contributed by atoms with Gasteiger partial charge in [-0.1, -0.05) is 18.1 Å². The minimum absolute atomic E-state index is 0.0337. The Morgan fingerprint density at radius 2 is 2.07 bits per heavy atom. The van der Waals surface area contributed by atoms with Gasteiger partial charge in [-0.15, -0.1) is 5.92 Å². The lowest BCUT2D eigenvalue weighted by Crippen LogP contribution is -2.28. The van der Waals surface area contributed by atoms with Gasteiger partial charge in [-0.3, -0.25) is 5.32 Å². The molecule has 0 saturated heterocycles. The highest BCUT2D eigenvalue weighted by atomic mass is 19.1. The van der Waals surface area contributed by atoms with Crippen molar-refractivity contribution in [2.24, 2.45) is 5.73 Å². The molecule has 0 bridgehead atoms. The van der Waals surface area contributed by atoms with E-state index in [0.29, 0.717) is 13.1 Å². The van der Waals surface area contributed by atoms with E-state index in [1.54, 1.807) is 19.1 Å². The average molecular weight is 206 g/mol. The van der Waals surface area contributed by atoms with Crippen LogP contribution in [-0.4, -0.2) is 13.1 Å². The summed E-state index contributed by atoms with van der Waals surface area (Å²) in [5.41, 5.74) is 6.60. The van der Waals surface area contributed by atoms with Crippen molar-refractivity contribution in [1.82, 2.24) is 5.32 Å². The highest BCUT2D eigenvalue weighted by Gasteiger charge is 2.07. The number of nitrogens with one attached hydrogen (secondary N) is 1. The number of hydrogen-bond donors (Lipinski definition) is 2. The number of benzene rings is 1. The Hall–Kier alpha value is -1.37. The fraction of sp³-hybridized carbons (Fsp3) is 0.333. The lowest BCUT2D eigenvalue weighted by Gasteiger charge is -2.15. The van der Waals surface area contributed by atoms with Crippen LogP contribution in [0.1, 0.15) is 18.5 Å². The van der Waals surface area contributed by atoms with Gasteiger partial charge in [0.05, 0.1) is 6.54 Å². The van der Waals surface area contributed by atoms with E-state index in [1.165, 1.54) is 12.1 Å². The van der Waals surface area contributed by atoms with Crippen LogP contribution >= 0.6 is 0 Å². The Morgan fingerprint density at radius 3 is 2.60 bits per heavy atom. The summed E-state index contributed by atoms with van der Waals surface area (Å²) in [6, 6.07) is 6.38. The Bertz CT molecular complexity index is 348. The van der Waals surface area contributed by atoms with Crippen LogP contribution in [0.15, 0.2) is 24.3 Å². The summed E-state index contributed by atoms with van der Waals surface area (Å²) < 4.78 is 12.7. The summed E-state index contributed by atoms with van der Waals surface area (Å²) in [6.07, 6.45) is 0. The third kappa shape index (κ3) is 3.70. The van der Waals surface area contributed by atoms with Crippen LogP contribution in [0.25, 0.3) is 0 Å². The molecule has 2 nitrogen and oxygen atoms in total. The van der Waals surface area contributed by atoms with E-state index in [4.69, 9.17) is 5.73 Å². The molecule has 80 valence electrons. The minimum atomic E-state index is -0.233. The number of rotatable bonds is 4. The first-order chi connectivity index (χ1) is 7.27. The molecule has 15 heavy (non-hydrogen) atoms. The molecule has 3 N–H and O–H groups in total. The fourth-order valence-corrected chi connectivity index (χ4v) is 1.29. The van der Waals surface area contributed by atoms with Crippen LogP contribution < -0.4 is 11.1 Å². The maximum Gasteiger partial charge on any atom is 0.123 e. The zero-order chi connectivity index (χ0) is 11.1. The van der Waals surface area contributed by atoms with Crippen molar-refractivity contribution in [2.75, 3.05) is 13.1 Å². The van der Waals surface area contributed by atoms with Gasteiger partial charge in [-0.2, -0.15) is 0 Å². The molecule has 0 saturated carbocycles. The second-order valence-corrected chi connectivity index (χ2v) is 3.15. The van der Waals surface area contributed by atoms with Gasteiger partial charge in [-0.25, -0.2) is 4.39 Å². The van der Waals surface area contributed by atoms with Crippen molar-refractivity contribution in [1.29, 1.82) is 0 Å². The standard InChI is InChI=1S/C12H15FN2/c1-2-3-8-15-12(9-14)10-4-6-11(13)7-5-10/h4-7,12,15H,8-9,14H2,1H3. The molecular weight excluding hydrogens is 191 g/mol. The molecule has 0 fully saturated rings. The van der Waals surface area contributed by atoms with Crippen molar-refractivity contribution in [3.63, 3.8) is 0 Å². The van der Waals surface area contributed by atoms with E-state index in [0.717, 1.165) is 5.56 Å². The summed E-state index contributed by atoms with van der Waals surface area (Å²) in [4.78, 5) is 0. The summed E-state index contributed by atoms with van der Waals surface area (Å²) in [5, 5.41) is 3.19. The molecule has 0 radical (unpaired) electrons. The Morgan fingerprint density at radius 1 is 1.40 bits per heavy atom. The highest BCUT2D eigenvalue weighted by molar-refractivity contribution is 5.20. The molecular formula is C12H15FN2. The van der Waals surface area contributed by atoms with Crippen LogP contribution in [0.4, 0.5) is 4.39 Å². The quantitative estimate of drug-likeness (QED) is 0.731. The zero-order valence-corrected chi connectivity index (χ0v) is 8.76. The minimum Gasteiger partial charge on any atom is -0.329 e. The van der Waals surface area contributed by atoms with Gasteiger partial charge >= 0.3 is 0 Å². The van der Waals surface area contributed by atoms with Crippen LogP contribution in [0, 0.1) is 17.7 Å². The van der Waals surface area contributed by atoms with E-state index in [1.807, 2.05) is 0 Å². The van der Waals surface area contributed by atoms with Crippen LogP contribution in [0.3, 0.4) is 0 Å². The Balaban J connectivity index is 2.64. The van der Waals surface area contributed by atoms with Crippen LogP contribution in [-0.2, 0) is 0 Å². The average Bonchev–Trinajstić information content (AvgIpc) is 2.26. The third-order valence-electron chi connectivity index (χ3n) is 2.12. The summed E-state index contributed by atoms with van der Waals surface area (Å²) in [7, 11) is 0. The fourth-order valence-electron chi connectivity index (χ4n) is 1.29. The van der Waals surface area contributed by atoms with Crippen molar-refractivity contribution in [3.05, 3.63) is 35.6 Å². The normalized spacial score (nSPS) is 11.7.